The van der Waals surface area contributed by atoms with E-state index in [0.717, 1.165) is 23.8 Å². The summed E-state index contributed by atoms with van der Waals surface area (Å²) in [5.41, 5.74) is 0. The van der Waals surface area contributed by atoms with Crippen LogP contribution in [0.25, 0.3) is 5.82 Å². The Morgan fingerprint density at radius 2 is 1.73 bits per heavy atom. The zero-order chi connectivity index (χ0) is 11.2. The van der Waals surface area contributed by atoms with E-state index in [9.17, 15) is 0 Å². The summed E-state index contributed by atoms with van der Waals surface area (Å²) in [7, 11) is 2.01. The molecule has 0 N–H and O–H groups in total. The summed E-state index contributed by atoms with van der Waals surface area (Å²) in [4.78, 5) is 0. The lowest BCUT2D eigenvalue weighted by molar-refractivity contribution is 0.834. The lowest BCUT2D eigenvalue weighted by Gasteiger charge is -2.07. The number of nitrogens with zero attached hydrogens (tertiary/aromatic N) is 2. The Morgan fingerprint density at radius 1 is 1.07 bits per heavy atom. The quantitative estimate of drug-likeness (QED) is 0.574. The van der Waals surface area contributed by atoms with E-state index in [1.165, 1.54) is 0 Å². The van der Waals surface area contributed by atoms with Crippen LogP contribution >= 0.6 is 63.7 Å². The van der Waals surface area contributed by atoms with E-state index in [0.29, 0.717) is 0 Å². The van der Waals surface area contributed by atoms with Gasteiger partial charge < -0.3 is 4.57 Å². The summed E-state index contributed by atoms with van der Waals surface area (Å²) in [5, 5.41) is 0. The number of hydrogen-bond donors (Lipinski definition) is 0. The van der Waals surface area contributed by atoms with Crippen molar-refractivity contribution in [2.75, 3.05) is 0 Å². The van der Waals surface area contributed by atoms with Crippen LogP contribution in [0, 0.1) is 0 Å². The van der Waals surface area contributed by atoms with Gasteiger partial charge in [-0.1, -0.05) is 0 Å². The molecular formula is C9H6Br4N2. The molecule has 0 fully saturated rings. The Hall–Kier alpha value is 0.480. The highest BCUT2D eigenvalue weighted by Crippen LogP contribution is 2.36. The van der Waals surface area contributed by atoms with Crippen molar-refractivity contribution in [3.63, 3.8) is 0 Å². The van der Waals surface area contributed by atoms with Gasteiger partial charge >= 0.3 is 0 Å². The molecule has 0 aromatic carbocycles. The molecule has 0 aliphatic rings. The lowest BCUT2D eigenvalue weighted by Crippen LogP contribution is -2.00. The Bertz CT molecular complexity index is 493. The molecule has 0 bridgehead atoms. The zero-order valence-electron chi connectivity index (χ0n) is 7.64. The fourth-order valence-electron chi connectivity index (χ4n) is 1.36. The molecule has 6 heteroatoms. The van der Waals surface area contributed by atoms with Crippen LogP contribution in [0.4, 0.5) is 0 Å². The number of aryl methyl sites for hydroxylation is 1. The van der Waals surface area contributed by atoms with Crippen LogP contribution in [-0.4, -0.2) is 9.13 Å². The molecule has 2 aromatic rings. The molecule has 0 spiro atoms. The third-order valence-electron chi connectivity index (χ3n) is 2.07. The molecular weight excluding hydrogens is 456 g/mol. The minimum atomic E-state index is 0.983. The first-order chi connectivity index (χ1) is 7.02. The minimum absolute atomic E-state index is 0.983. The Labute approximate surface area is 121 Å². The average molecular weight is 462 g/mol. The highest BCUT2D eigenvalue weighted by Gasteiger charge is 2.14. The molecule has 15 heavy (non-hydrogen) atoms. The van der Waals surface area contributed by atoms with Gasteiger partial charge in [0.15, 0.2) is 0 Å². The molecule has 0 atom stereocenters. The topological polar surface area (TPSA) is 9.86 Å². The maximum absolute atomic E-state index is 3.54. The van der Waals surface area contributed by atoms with Gasteiger partial charge in [0, 0.05) is 19.4 Å². The normalized spacial score (nSPS) is 11.0. The standard InChI is InChI=1S/C9H6Br4N2/c1-14-3-2-5(10)9(14)15-4-6(11)7(12)8(15)13/h2-4H,1H3. The Kier molecular flexibility index (Phi) is 3.50. The summed E-state index contributed by atoms with van der Waals surface area (Å²) in [6.07, 6.45) is 4.02. The van der Waals surface area contributed by atoms with Crippen molar-refractivity contribution < 1.29 is 0 Å². The first-order valence-corrected chi connectivity index (χ1v) is 7.22. The fourth-order valence-corrected chi connectivity index (χ4v) is 3.39. The third kappa shape index (κ3) is 2.01. The summed E-state index contributed by atoms with van der Waals surface area (Å²) < 4.78 is 8.17. The number of halogens is 4. The smallest absolute Gasteiger partial charge is 0.132 e. The van der Waals surface area contributed by atoms with Crippen molar-refractivity contribution in [1.29, 1.82) is 0 Å². The van der Waals surface area contributed by atoms with E-state index in [2.05, 4.69) is 68.3 Å². The van der Waals surface area contributed by atoms with Gasteiger partial charge in [0.05, 0.1) is 13.4 Å². The van der Waals surface area contributed by atoms with Crippen LogP contribution in [-0.2, 0) is 7.05 Å². The van der Waals surface area contributed by atoms with Gasteiger partial charge in [-0.25, -0.2) is 0 Å². The van der Waals surface area contributed by atoms with E-state index in [-0.39, 0.29) is 0 Å². The van der Waals surface area contributed by atoms with E-state index in [1.807, 2.05) is 30.1 Å². The Morgan fingerprint density at radius 3 is 2.13 bits per heavy atom. The van der Waals surface area contributed by atoms with E-state index in [4.69, 9.17) is 0 Å². The van der Waals surface area contributed by atoms with Gasteiger partial charge in [-0.05, 0) is 69.8 Å². The second kappa shape index (κ2) is 4.39. The van der Waals surface area contributed by atoms with E-state index < -0.39 is 0 Å². The van der Waals surface area contributed by atoms with Gasteiger partial charge in [0.2, 0.25) is 0 Å². The van der Waals surface area contributed by atoms with E-state index in [1.54, 1.807) is 0 Å². The minimum Gasteiger partial charge on any atom is -0.336 e. The molecule has 0 aliphatic carbocycles. The van der Waals surface area contributed by atoms with Gasteiger partial charge in [0.1, 0.15) is 10.4 Å². The first-order valence-electron chi connectivity index (χ1n) is 4.05. The van der Waals surface area contributed by atoms with Gasteiger partial charge in [-0.3, -0.25) is 4.57 Å². The van der Waals surface area contributed by atoms with Crippen molar-refractivity contribution >= 4 is 63.7 Å². The molecule has 0 saturated carbocycles. The maximum Gasteiger partial charge on any atom is 0.132 e. The molecule has 0 aliphatic heterocycles. The maximum atomic E-state index is 3.54. The largest absolute Gasteiger partial charge is 0.336 e. The van der Waals surface area contributed by atoms with Gasteiger partial charge in [-0.2, -0.15) is 0 Å². The second-order valence-corrected chi connectivity index (χ2v) is 6.30. The highest BCUT2D eigenvalue weighted by atomic mass is 79.9. The van der Waals surface area contributed by atoms with Crippen molar-refractivity contribution in [3.05, 3.63) is 36.5 Å². The fraction of sp³-hybridized carbons (Fsp3) is 0.111. The van der Waals surface area contributed by atoms with Crippen LogP contribution in [0.5, 0.6) is 0 Å². The van der Waals surface area contributed by atoms with Gasteiger partial charge in [0.25, 0.3) is 0 Å². The molecule has 0 saturated heterocycles. The van der Waals surface area contributed by atoms with Crippen LogP contribution in [0.15, 0.2) is 36.5 Å². The molecule has 2 rings (SSSR count). The average Bonchev–Trinajstić information content (AvgIpc) is 2.63. The van der Waals surface area contributed by atoms with Crippen LogP contribution in [0.1, 0.15) is 0 Å². The summed E-state index contributed by atoms with van der Waals surface area (Å²) in [6.45, 7) is 0. The predicted molar refractivity (Wildman–Crippen MR) is 75.5 cm³/mol. The first kappa shape index (κ1) is 12.0. The van der Waals surface area contributed by atoms with Crippen molar-refractivity contribution in [1.82, 2.24) is 9.13 Å². The summed E-state index contributed by atoms with van der Waals surface area (Å²) in [6, 6.07) is 2.02. The summed E-state index contributed by atoms with van der Waals surface area (Å²) >= 11 is 14.0. The van der Waals surface area contributed by atoms with Crippen molar-refractivity contribution in [2.45, 2.75) is 0 Å². The van der Waals surface area contributed by atoms with Gasteiger partial charge in [-0.15, -0.1) is 0 Å². The monoisotopic (exact) mass is 458 g/mol. The van der Waals surface area contributed by atoms with Crippen molar-refractivity contribution in [3.8, 4) is 5.82 Å². The Balaban J connectivity index is 2.69. The van der Waals surface area contributed by atoms with E-state index >= 15 is 0 Å². The second-order valence-electron chi connectivity index (χ2n) is 3.05. The molecule has 2 heterocycles. The zero-order valence-corrected chi connectivity index (χ0v) is 14.0. The number of aromatic nitrogens is 2. The summed E-state index contributed by atoms with van der Waals surface area (Å²) in [5.74, 6) is 1.08. The molecule has 2 aromatic heterocycles. The number of rotatable bonds is 1. The molecule has 80 valence electrons. The lowest BCUT2D eigenvalue weighted by atomic mass is 10.6. The van der Waals surface area contributed by atoms with Crippen molar-refractivity contribution in [2.24, 2.45) is 7.05 Å². The SMILES string of the molecule is Cn1ccc(Br)c1-n1cc(Br)c(Br)c1Br. The highest BCUT2D eigenvalue weighted by molar-refractivity contribution is 9.14. The predicted octanol–water partition coefficient (Wildman–Crippen LogP) is 4.87. The van der Waals surface area contributed by atoms with Crippen LogP contribution in [0.3, 0.4) is 0 Å². The molecule has 2 nitrogen and oxygen atoms in total. The van der Waals surface area contributed by atoms with Crippen LogP contribution in [0.2, 0.25) is 0 Å². The number of hydrogen-bond acceptors (Lipinski definition) is 0. The van der Waals surface area contributed by atoms with Crippen LogP contribution < -0.4 is 0 Å². The molecule has 0 radical (unpaired) electrons. The third-order valence-corrected chi connectivity index (χ3v) is 5.93. The molecule has 0 unspecified atom stereocenters. The molecule has 0 amide bonds.